The zero-order valence-corrected chi connectivity index (χ0v) is 14.2. The highest BCUT2D eigenvalue weighted by atomic mass is 15.3. The summed E-state index contributed by atoms with van der Waals surface area (Å²) in [6.45, 7) is 10.4. The molecule has 1 fully saturated rings. The van der Waals surface area contributed by atoms with Gasteiger partial charge in [-0.2, -0.15) is 5.10 Å². The van der Waals surface area contributed by atoms with Crippen molar-refractivity contribution in [2.24, 2.45) is 0 Å². The Hall–Kier alpha value is -0.870. The second-order valence-electron chi connectivity index (χ2n) is 6.26. The monoisotopic (exact) mass is 292 g/mol. The first kappa shape index (κ1) is 16.5. The lowest BCUT2D eigenvalue weighted by atomic mass is 9.80. The zero-order chi connectivity index (χ0) is 15.3. The van der Waals surface area contributed by atoms with Crippen LogP contribution in [0.5, 0.6) is 0 Å². The van der Waals surface area contributed by atoms with Crippen LogP contribution in [0.2, 0.25) is 0 Å². The first-order chi connectivity index (χ1) is 10.2. The van der Waals surface area contributed by atoms with Gasteiger partial charge in [0.05, 0.1) is 12.2 Å². The minimum Gasteiger partial charge on any atom is -0.311 e. The van der Waals surface area contributed by atoms with Gasteiger partial charge < -0.3 is 5.32 Å². The number of aromatic nitrogens is 2. The average molecular weight is 292 g/mol. The fourth-order valence-electron chi connectivity index (χ4n) is 4.08. The summed E-state index contributed by atoms with van der Waals surface area (Å²) in [6.07, 6.45) is 10.5. The summed E-state index contributed by atoms with van der Waals surface area (Å²) in [5, 5.41) is 8.14. The van der Waals surface area contributed by atoms with Gasteiger partial charge >= 0.3 is 0 Å². The molecule has 0 bridgehead atoms. The molecule has 4 heteroatoms. The Balaban J connectivity index is 2.29. The minimum atomic E-state index is 0.214. The molecule has 1 aliphatic heterocycles. The number of rotatable bonds is 8. The first-order valence-corrected chi connectivity index (χ1v) is 8.66. The maximum atomic E-state index is 4.54. The summed E-state index contributed by atoms with van der Waals surface area (Å²) in [6, 6.07) is 0.358. The molecule has 0 radical (unpaired) electrons. The van der Waals surface area contributed by atoms with Crippen LogP contribution in [0.3, 0.4) is 0 Å². The number of hydrogen-bond acceptors (Lipinski definition) is 3. The summed E-state index contributed by atoms with van der Waals surface area (Å²) in [7, 11) is 2.10. The van der Waals surface area contributed by atoms with E-state index in [1.807, 2.05) is 0 Å². The Morgan fingerprint density at radius 2 is 1.90 bits per heavy atom. The van der Waals surface area contributed by atoms with Crippen molar-refractivity contribution in [1.29, 1.82) is 0 Å². The maximum Gasteiger partial charge on any atom is 0.0538 e. The molecule has 0 aliphatic carbocycles. The number of nitrogens with one attached hydrogen (secondary N) is 1. The van der Waals surface area contributed by atoms with E-state index in [1.165, 1.54) is 44.3 Å². The highest BCUT2D eigenvalue weighted by Gasteiger charge is 2.42. The molecule has 1 aromatic rings. The van der Waals surface area contributed by atoms with Crippen LogP contribution >= 0.6 is 0 Å². The lowest BCUT2D eigenvalue weighted by Crippen LogP contribution is -2.54. The molecule has 0 spiro atoms. The van der Waals surface area contributed by atoms with Crippen molar-refractivity contribution in [2.75, 3.05) is 20.1 Å². The second kappa shape index (κ2) is 7.41. The molecule has 4 nitrogen and oxygen atoms in total. The van der Waals surface area contributed by atoms with E-state index >= 15 is 0 Å². The van der Waals surface area contributed by atoms with Gasteiger partial charge in [0.15, 0.2) is 0 Å². The Morgan fingerprint density at radius 3 is 2.43 bits per heavy atom. The molecule has 2 rings (SSSR count). The van der Waals surface area contributed by atoms with Gasteiger partial charge in [-0.15, -0.1) is 0 Å². The van der Waals surface area contributed by atoms with Crippen LogP contribution in [0.25, 0.3) is 0 Å². The van der Waals surface area contributed by atoms with Crippen molar-refractivity contribution >= 4 is 0 Å². The standard InChI is InChI=1S/C17H32N4/c1-5-10-21-14-15(13-19-21)16(18-4)17(6-2,7-3)20-11-8-9-12-20/h13-14,16,18H,5-12H2,1-4H3. The van der Waals surface area contributed by atoms with Gasteiger partial charge in [-0.05, 0) is 52.2 Å². The number of hydrogen-bond donors (Lipinski definition) is 1. The fourth-order valence-corrected chi connectivity index (χ4v) is 4.08. The van der Waals surface area contributed by atoms with Crippen LogP contribution < -0.4 is 5.32 Å². The molecular weight excluding hydrogens is 260 g/mol. The van der Waals surface area contributed by atoms with Gasteiger partial charge in [-0.1, -0.05) is 20.8 Å². The third kappa shape index (κ3) is 3.16. The quantitative estimate of drug-likeness (QED) is 0.798. The van der Waals surface area contributed by atoms with Gasteiger partial charge in [-0.3, -0.25) is 9.58 Å². The van der Waals surface area contributed by atoms with Crippen molar-refractivity contribution in [3.05, 3.63) is 18.0 Å². The molecule has 1 aliphatic rings. The molecule has 0 saturated carbocycles. The van der Waals surface area contributed by atoms with Gasteiger partial charge in [0, 0.05) is 23.8 Å². The Bertz CT molecular complexity index is 416. The zero-order valence-electron chi connectivity index (χ0n) is 14.2. The Morgan fingerprint density at radius 1 is 1.24 bits per heavy atom. The lowest BCUT2D eigenvalue weighted by Gasteiger charge is -2.46. The molecule has 1 aromatic heterocycles. The van der Waals surface area contributed by atoms with Gasteiger partial charge in [0.25, 0.3) is 0 Å². The van der Waals surface area contributed by atoms with Crippen LogP contribution in [-0.4, -0.2) is 40.4 Å². The van der Waals surface area contributed by atoms with E-state index in [4.69, 9.17) is 0 Å². The molecule has 0 aromatic carbocycles. The normalized spacial score (nSPS) is 18.3. The maximum absolute atomic E-state index is 4.54. The molecule has 1 saturated heterocycles. The van der Waals surface area contributed by atoms with Crippen molar-refractivity contribution in [3.8, 4) is 0 Å². The fraction of sp³-hybridized carbons (Fsp3) is 0.824. The highest BCUT2D eigenvalue weighted by Crippen LogP contribution is 2.39. The van der Waals surface area contributed by atoms with Gasteiger partial charge in [0.2, 0.25) is 0 Å². The molecule has 1 N–H and O–H groups in total. The van der Waals surface area contributed by atoms with Crippen LogP contribution in [0.4, 0.5) is 0 Å². The number of nitrogens with zero attached hydrogens (tertiary/aromatic N) is 3. The molecule has 1 unspecified atom stereocenters. The molecule has 21 heavy (non-hydrogen) atoms. The largest absolute Gasteiger partial charge is 0.311 e. The lowest BCUT2D eigenvalue weighted by molar-refractivity contribution is 0.0646. The molecular formula is C17H32N4. The van der Waals surface area contributed by atoms with E-state index in [9.17, 15) is 0 Å². The predicted molar refractivity (Wildman–Crippen MR) is 88.4 cm³/mol. The SMILES string of the molecule is CCCn1cc(C(NC)C(CC)(CC)N2CCCC2)cn1. The number of likely N-dealkylation sites (N-methyl/N-ethyl adjacent to an activating group) is 1. The van der Waals surface area contributed by atoms with Crippen LogP contribution in [-0.2, 0) is 6.54 Å². The number of likely N-dealkylation sites (tertiary alicyclic amines) is 1. The first-order valence-electron chi connectivity index (χ1n) is 8.66. The third-order valence-corrected chi connectivity index (χ3v) is 5.23. The third-order valence-electron chi connectivity index (χ3n) is 5.23. The molecule has 2 heterocycles. The van der Waals surface area contributed by atoms with E-state index in [0.29, 0.717) is 6.04 Å². The summed E-state index contributed by atoms with van der Waals surface area (Å²) in [4.78, 5) is 2.71. The topological polar surface area (TPSA) is 33.1 Å². The van der Waals surface area contributed by atoms with E-state index in [0.717, 1.165) is 13.0 Å². The number of aryl methyl sites for hydroxylation is 1. The second-order valence-corrected chi connectivity index (χ2v) is 6.26. The Labute approximate surface area is 129 Å². The molecule has 1 atom stereocenters. The highest BCUT2D eigenvalue weighted by molar-refractivity contribution is 5.18. The van der Waals surface area contributed by atoms with Crippen LogP contribution in [0.15, 0.2) is 12.4 Å². The molecule has 120 valence electrons. The smallest absolute Gasteiger partial charge is 0.0538 e. The van der Waals surface area contributed by atoms with Crippen molar-refractivity contribution in [3.63, 3.8) is 0 Å². The average Bonchev–Trinajstić information content (AvgIpc) is 3.17. The molecule has 0 amide bonds. The van der Waals surface area contributed by atoms with Crippen molar-refractivity contribution < 1.29 is 0 Å². The predicted octanol–water partition coefficient (Wildman–Crippen LogP) is 3.21. The summed E-state index contributed by atoms with van der Waals surface area (Å²) < 4.78 is 2.08. The van der Waals surface area contributed by atoms with Crippen LogP contribution in [0, 0.1) is 0 Å². The van der Waals surface area contributed by atoms with Gasteiger partial charge in [-0.25, -0.2) is 0 Å². The van der Waals surface area contributed by atoms with Gasteiger partial charge in [0.1, 0.15) is 0 Å². The summed E-state index contributed by atoms with van der Waals surface area (Å²) in [5.74, 6) is 0. The summed E-state index contributed by atoms with van der Waals surface area (Å²) >= 11 is 0. The van der Waals surface area contributed by atoms with Crippen LogP contribution in [0.1, 0.15) is 64.5 Å². The van der Waals surface area contributed by atoms with E-state index < -0.39 is 0 Å². The summed E-state index contributed by atoms with van der Waals surface area (Å²) in [5.41, 5.74) is 1.55. The van der Waals surface area contributed by atoms with Crippen molar-refractivity contribution in [2.45, 2.75) is 71.0 Å². The Kier molecular flexibility index (Phi) is 5.82. The van der Waals surface area contributed by atoms with E-state index in [1.54, 1.807) is 0 Å². The van der Waals surface area contributed by atoms with E-state index in [2.05, 4.69) is 60.2 Å². The van der Waals surface area contributed by atoms with E-state index in [-0.39, 0.29) is 5.54 Å². The van der Waals surface area contributed by atoms with Crippen molar-refractivity contribution in [1.82, 2.24) is 20.0 Å². The minimum absolute atomic E-state index is 0.214.